The number of esters is 2. The molecule has 2 unspecified atom stereocenters. The minimum atomic E-state index is -4.35. The first-order valence-electron chi connectivity index (χ1n) is 21.9. The number of nitrogens with one attached hydrogen (secondary N) is 1. The van der Waals surface area contributed by atoms with Crippen LogP contribution in [0.1, 0.15) is 194 Å². The Morgan fingerprint density at radius 3 is 1.52 bits per heavy atom. The summed E-state index contributed by atoms with van der Waals surface area (Å²) < 4.78 is 33.2. The fourth-order valence-corrected chi connectivity index (χ4v) is 6.62. The number of phosphoric ester groups is 1. The summed E-state index contributed by atoms with van der Waals surface area (Å²) in [6.45, 7) is 4.17. The van der Waals surface area contributed by atoms with E-state index in [9.17, 15) is 19.0 Å². The maximum absolute atomic E-state index is 12.6. The van der Waals surface area contributed by atoms with Crippen LogP contribution in [0.2, 0.25) is 0 Å². The highest BCUT2D eigenvalue weighted by Crippen LogP contribution is 2.43. The Bertz CT molecular complexity index is 986. The molecular weight excluding hydrogens is 701 g/mol. The average Bonchev–Trinajstić information content (AvgIpc) is 3.15. The molecule has 0 saturated heterocycles. The number of hydrogen-bond acceptors (Lipinski definition) is 8. The van der Waals surface area contributed by atoms with Gasteiger partial charge < -0.3 is 19.7 Å². The molecule has 0 bridgehead atoms. The molecule has 10 heteroatoms. The van der Waals surface area contributed by atoms with Gasteiger partial charge in [-0.2, -0.15) is 0 Å². The SMILES string of the molecule is CCCCC/C=C\C/C=C\CCCCCCCCCCCC(=O)OC(COC(=O)CCCCCCC/C=C\CCCCCC)COP(=O)(O)OCCNC. The summed E-state index contributed by atoms with van der Waals surface area (Å²) in [4.78, 5) is 35.0. The minimum Gasteiger partial charge on any atom is -0.462 e. The normalized spacial score (nSPS) is 13.6. The molecule has 0 aromatic carbocycles. The molecule has 0 amide bonds. The van der Waals surface area contributed by atoms with E-state index in [1.807, 2.05) is 0 Å². The molecule has 0 heterocycles. The van der Waals surface area contributed by atoms with Crippen LogP contribution in [0, 0.1) is 0 Å². The summed E-state index contributed by atoms with van der Waals surface area (Å²) in [6.07, 6.45) is 43.2. The molecule has 0 spiro atoms. The lowest BCUT2D eigenvalue weighted by molar-refractivity contribution is -0.161. The van der Waals surface area contributed by atoms with E-state index in [0.717, 1.165) is 70.6 Å². The molecule has 54 heavy (non-hydrogen) atoms. The highest BCUT2D eigenvalue weighted by molar-refractivity contribution is 7.47. The average molecular weight is 784 g/mol. The zero-order valence-corrected chi connectivity index (χ0v) is 35.8. The first-order valence-corrected chi connectivity index (χ1v) is 23.4. The number of carbonyl (C=O) groups is 2. The molecule has 0 aromatic rings. The number of rotatable bonds is 41. The zero-order valence-electron chi connectivity index (χ0n) is 34.9. The number of carbonyl (C=O) groups excluding carboxylic acids is 2. The van der Waals surface area contributed by atoms with Crippen molar-refractivity contribution in [2.45, 2.75) is 200 Å². The highest BCUT2D eigenvalue weighted by atomic mass is 31.2. The van der Waals surface area contributed by atoms with Crippen LogP contribution in [-0.2, 0) is 32.7 Å². The number of phosphoric acid groups is 1. The molecular formula is C44H82NO8P. The van der Waals surface area contributed by atoms with Gasteiger partial charge in [-0.05, 0) is 77.7 Å². The number of unbranched alkanes of at least 4 members (excludes halogenated alkanes) is 21. The Labute approximate surface area is 331 Å². The fourth-order valence-electron chi connectivity index (χ4n) is 5.87. The van der Waals surface area contributed by atoms with Crippen molar-refractivity contribution in [3.05, 3.63) is 36.5 Å². The monoisotopic (exact) mass is 784 g/mol. The summed E-state index contributed by atoms with van der Waals surface area (Å²) >= 11 is 0. The third-order valence-electron chi connectivity index (χ3n) is 9.23. The van der Waals surface area contributed by atoms with Gasteiger partial charge in [-0.15, -0.1) is 0 Å². The molecule has 316 valence electrons. The second kappa shape index (κ2) is 40.9. The smallest absolute Gasteiger partial charge is 0.462 e. The highest BCUT2D eigenvalue weighted by Gasteiger charge is 2.26. The second-order valence-electron chi connectivity index (χ2n) is 14.5. The van der Waals surface area contributed by atoms with E-state index in [2.05, 4.69) is 55.6 Å². The van der Waals surface area contributed by atoms with Crippen molar-refractivity contribution in [2.24, 2.45) is 0 Å². The topological polar surface area (TPSA) is 120 Å². The number of hydrogen-bond donors (Lipinski definition) is 2. The molecule has 2 N–H and O–H groups in total. The Morgan fingerprint density at radius 1 is 0.574 bits per heavy atom. The first kappa shape index (κ1) is 52.2. The standard InChI is InChI=1S/C44H82NO8P/c1-4-6-8-10-12-14-16-18-19-20-21-22-23-25-27-29-31-33-35-37-44(47)53-42(41-52-54(48,49)51-39-38-45-3)40-50-43(46)36-34-32-30-28-26-24-17-15-13-11-9-7-5-2/h12,14-15,17-19,42,45H,4-11,13,16,20-41H2,1-3H3,(H,48,49)/b14-12-,17-15-,19-18-. The van der Waals surface area contributed by atoms with Crippen LogP contribution >= 0.6 is 7.82 Å². The predicted octanol–water partition coefficient (Wildman–Crippen LogP) is 12.4. The van der Waals surface area contributed by atoms with Gasteiger partial charge in [-0.1, -0.05) is 147 Å². The molecule has 0 aliphatic heterocycles. The maximum atomic E-state index is 12.6. The van der Waals surface area contributed by atoms with Gasteiger partial charge in [0.15, 0.2) is 6.10 Å². The predicted molar refractivity (Wildman–Crippen MR) is 225 cm³/mol. The summed E-state index contributed by atoms with van der Waals surface area (Å²) in [5.74, 6) is -0.820. The molecule has 0 rings (SSSR count). The van der Waals surface area contributed by atoms with Crippen LogP contribution in [0.3, 0.4) is 0 Å². The van der Waals surface area contributed by atoms with Crippen molar-refractivity contribution in [1.82, 2.24) is 5.32 Å². The zero-order chi connectivity index (χ0) is 39.6. The lowest BCUT2D eigenvalue weighted by Crippen LogP contribution is -2.29. The van der Waals surface area contributed by atoms with Crippen LogP contribution in [0.4, 0.5) is 0 Å². The van der Waals surface area contributed by atoms with E-state index >= 15 is 0 Å². The summed E-state index contributed by atoms with van der Waals surface area (Å²) in [6, 6.07) is 0. The third kappa shape index (κ3) is 39.9. The molecule has 0 aromatic heterocycles. The van der Waals surface area contributed by atoms with Crippen LogP contribution < -0.4 is 5.32 Å². The Hall–Kier alpha value is -1.77. The van der Waals surface area contributed by atoms with E-state index in [1.165, 1.54) is 89.9 Å². The first-order chi connectivity index (χ1) is 26.3. The van der Waals surface area contributed by atoms with Crippen LogP contribution in [-0.4, -0.2) is 56.3 Å². The van der Waals surface area contributed by atoms with Crippen molar-refractivity contribution in [2.75, 3.05) is 33.4 Å². The number of likely N-dealkylation sites (N-methyl/N-ethyl adjacent to an activating group) is 1. The molecule has 0 radical (unpaired) electrons. The van der Waals surface area contributed by atoms with E-state index in [1.54, 1.807) is 7.05 Å². The molecule has 2 atom stereocenters. The lowest BCUT2D eigenvalue weighted by Gasteiger charge is -2.20. The largest absolute Gasteiger partial charge is 0.472 e. The van der Waals surface area contributed by atoms with Gasteiger partial charge >= 0.3 is 19.8 Å². The minimum absolute atomic E-state index is 0.0191. The van der Waals surface area contributed by atoms with Crippen LogP contribution in [0.25, 0.3) is 0 Å². The second-order valence-corrected chi connectivity index (χ2v) is 16.0. The van der Waals surface area contributed by atoms with Gasteiger partial charge in [0.25, 0.3) is 0 Å². The number of ether oxygens (including phenoxy) is 2. The van der Waals surface area contributed by atoms with Gasteiger partial charge in [-0.25, -0.2) is 4.57 Å². The van der Waals surface area contributed by atoms with Crippen LogP contribution in [0.5, 0.6) is 0 Å². The Kier molecular flexibility index (Phi) is 39.5. The Balaban J connectivity index is 4.21. The van der Waals surface area contributed by atoms with E-state index < -0.39 is 26.5 Å². The van der Waals surface area contributed by atoms with Gasteiger partial charge in [0.1, 0.15) is 6.61 Å². The molecule has 0 fully saturated rings. The molecule has 0 aliphatic rings. The van der Waals surface area contributed by atoms with Crippen molar-refractivity contribution in [1.29, 1.82) is 0 Å². The fraction of sp³-hybridized carbons (Fsp3) is 0.818. The summed E-state index contributed by atoms with van der Waals surface area (Å²) in [5, 5.41) is 2.82. The Morgan fingerprint density at radius 2 is 1.00 bits per heavy atom. The van der Waals surface area contributed by atoms with E-state index in [4.69, 9.17) is 18.5 Å². The lowest BCUT2D eigenvalue weighted by atomic mass is 10.1. The van der Waals surface area contributed by atoms with Crippen molar-refractivity contribution in [3.8, 4) is 0 Å². The van der Waals surface area contributed by atoms with Crippen molar-refractivity contribution < 1.29 is 37.6 Å². The van der Waals surface area contributed by atoms with Crippen LogP contribution in [0.15, 0.2) is 36.5 Å². The van der Waals surface area contributed by atoms with Gasteiger partial charge in [-0.3, -0.25) is 18.6 Å². The van der Waals surface area contributed by atoms with E-state index in [0.29, 0.717) is 13.0 Å². The number of allylic oxidation sites excluding steroid dienone is 6. The molecule has 9 nitrogen and oxygen atoms in total. The quantitative estimate of drug-likeness (QED) is 0.0270. The van der Waals surface area contributed by atoms with Gasteiger partial charge in [0.2, 0.25) is 0 Å². The van der Waals surface area contributed by atoms with Crippen molar-refractivity contribution in [3.63, 3.8) is 0 Å². The molecule has 0 saturated carbocycles. The van der Waals surface area contributed by atoms with E-state index in [-0.39, 0.29) is 32.0 Å². The summed E-state index contributed by atoms with van der Waals surface area (Å²) in [5.41, 5.74) is 0. The van der Waals surface area contributed by atoms with Gasteiger partial charge in [0.05, 0.1) is 13.2 Å². The summed E-state index contributed by atoms with van der Waals surface area (Å²) in [7, 11) is -2.65. The van der Waals surface area contributed by atoms with Gasteiger partial charge in [0, 0.05) is 19.4 Å². The van der Waals surface area contributed by atoms with Crippen molar-refractivity contribution >= 4 is 19.8 Å². The molecule has 0 aliphatic carbocycles. The third-order valence-corrected chi connectivity index (χ3v) is 10.2. The maximum Gasteiger partial charge on any atom is 0.472 e.